The first-order valence-corrected chi connectivity index (χ1v) is 8.59. The van der Waals surface area contributed by atoms with Crippen molar-refractivity contribution < 1.29 is 9.90 Å². The van der Waals surface area contributed by atoms with E-state index in [0.29, 0.717) is 6.54 Å². The lowest BCUT2D eigenvalue weighted by Crippen LogP contribution is -2.53. The Morgan fingerprint density at radius 3 is 2.48 bits per heavy atom. The number of piperazine rings is 1. The summed E-state index contributed by atoms with van der Waals surface area (Å²) >= 11 is 0. The van der Waals surface area contributed by atoms with Gasteiger partial charge in [-0.15, -0.1) is 0 Å². The number of nitrogens with zero attached hydrogens (tertiary/aromatic N) is 3. The minimum absolute atomic E-state index is 0.0801. The Morgan fingerprint density at radius 1 is 1.17 bits per heavy atom. The second-order valence-corrected chi connectivity index (χ2v) is 6.69. The van der Waals surface area contributed by atoms with Crippen LogP contribution in [0.2, 0.25) is 0 Å². The second kappa shape index (κ2) is 7.43. The van der Waals surface area contributed by atoms with Crippen LogP contribution in [0.1, 0.15) is 24.5 Å². The fourth-order valence-electron chi connectivity index (χ4n) is 3.61. The lowest BCUT2D eigenvalue weighted by atomic mass is 10.1. The zero-order chi connectivity index (χ0) is 16.2. The first-order valence-electron chi connectivity index (χ1n) is 8.59. The Kier molecular flexibility index (Phi) is 5.30. The van der Waals surface area contributed by atoms with E-state index >= 15 is 0 Å². The number of carbonyl (C=O) groups is 1. The summed E-state index contributed by atoms with van der Waals surface area (Å²) in [5.74, 6) is 0.285. The number of hydrogen-bond donors (Lipinski definition) is 1. The van der Waals surface area contributed by atoms with Gasteiger partial charge in [0.05, 0.1) is 12.1 Å². The van der Waals surface area contributed by atoms with Crippen LogP contribution in [0.15, 0.2) is 30.3 Å². The number of rotatable bonds is 4. The molecule has 2 saturated heterocycles. The summed E-state index contributed by atoms with van der Waals surface area (Å²) in [5.41, 5.74) is 0.957. The minimum Gasteiger partial charge on any atom is -0.387 e. The van der Waals surface area contributed by atoms with Gasteiger partial charge in [0.1, 0.15) is 0 Å². The monoisotopic (exact) mass is 317 g/mol. The number of amides is 1. The molecular formula is C18H27N3O2. The van der Waals surface area contributed by atoms with Gasteiger partial charge in [-0.3, -0.25) is 14.6 Å². The predicted octanol–water partition coefficient (Wildman–Crippen LogP) is 0.958. The third kappa shape index (κ3) is 3.91. The summed E-state index contributed by atoms with van der Waals surface area (Å²) in [5, 5.41) is 10.3. The van der Waals surface area contributed by atoms with E-state index in [9.17, 15) is 9.90 Å². The van der Waals surface area contributed by atoms with Crippen LogP contribution < -0.4 is 0 Å². The van der Waals surface area contributed by atoms with E-state index in [1.54, 1.807) is 0 Å². The number of likely N-dealkylation sites (N-methyl/N-ethyl adjacent to an activating group) is 1. The van der Waals surface area contributed by atoms with Crippen molar-refractivity contribution in [3.63, 3.8) is 0 Å². The smallest absolute Gasteiger partial charge is 0.240 e. The number of benzene rings is 1. The highest BCUT2D eigenvalue weighted by atomic mass is 16.3. The Hall–Kier alpha value is -1.43. The summed E-state index contributed by atoms with van der Waals surface area (Å²) in [6.45, 7) is 4.88. The van der Waals surface area contributed by atoms with E-state index in [4.69, 9.17) is 0 Å². The molecule has 2 heterocycles. The molecule has 1 amide bonds. The molecule has 5 nitrogen and oxygen atoms in total. The Labute approximate surface area is 138 Å². The van der Waals surface area contributed by atoms with Crippen LogP contribution in [0.4, 0.5) is 0 Å². The molecule has 2 fully saturated rings. The Balaban J connectivity index is 1.48. The van der Waals surface area contributed by atoms with Crippen molar-refractivity contribution in [2.75, 3.05) is 46.3 Å². The Morgan fingerprint density at radius 2 is 1.87 bits per heavy atom. The maximum Gasteiger partial charge on any atom is 0.240 e. The maximum atomic E-state index is 12.6. The molecule has 3 rings (SSSR count). The normalized spacial score (nSPS) is 24.8. The van der Waals surface area contributed by atoms with Crippen molar-refractivity contribution in [3.8, 4) is 0 Å². The third-order valence-electron chi connectivity index (χ3n) is 5.10. The number of aliphatic hydroxyl groups is 1. The zero-order valence-corrected chi connectivity index (χ0v) is 13.9. The lowest BCUT2D eigenvalue weighted by molar-refractivity contribution is -0.137. The standard InChI is InChI=1S/C18H27N3O2/c1-19-9-5-8-16(19)18(23)21-12-10-20(11-13-21)14-17(22)15-6-3-2-4-7-15/h2-4,6-7,16-17,22H,5,8-14H2,1H3/t16-,17-/m0/s1. The van der Waals surface area contributed by atoms with Gasteiger partial charge >= 0.3 is 0 Å². The fraction of sp³-hybridized carbons (Fsp3) is 0.611. The lowest BCUT2D eigenvalue weighted by Gasteiger charge is -2.37. The topological polar surface area (TPSA) is 47.0 Å². The Bertz CT molecular complexity index is 514. The molecule has 5 heteroatoms. The van der Waals surface area contributed by atoms with E-state index < -0.39 is 6.10 Å². The summed E-state index contributed by atoms with van der Waals surface area (Å²) in [6.07, 6.45) is 1.65. The van der Waals surface area contributed by atoms with E-state index in [1.165, 1.54) is 0 Å². The van der Waals surface area contributed by atoms with Crippen molar-refractivity contribution in [3.05, 3.63) is 35.9 Å². The number of carbonyl (C=O) groups excluding carboxylic acids is 1. The quantitative estimate of drug-likeness (QED) is 0.898. The van der Waals surface area contributed by atoms with Gasteiger partial charge < -0.3 is 10.0 Å². The van der Waals surface area contributed by atoms with Crippen molar-refractivity contribution in [2.24, 2.45) is 0 Å². The predicted molar refractivity (Wildman–Crippen MR) is 90.1 cm³/mol. The average molecular weight is 317 g/mol. The van der Waals surface area contributed by atoms with Crippen LogP contribution in [0.5, 0.6) is 0 Å². The molecule has 126 valence electrons. The highest BCUT2D eigenvalue weighted by molar-refractivity contribution is 5.82. The molecule has 0 bridgehead atoms. The van der Waals surface area contributed by atoms with E-state index in [2.05, 4.69) is 9.80 Å². The number of β-amino-alcohol motifs (C(OH)–C–C–N with tert-alkyl or cyclic N) is 1. The number of likely N-dealkylation sites (tertiary alicyclic amines) is 1. The van der Waals surface area contributed by atoms with Gasteiger partial charge in [-0.25, -0.2) is 0 Å². The molecule has 0 aromatic heterocycles. The molecule has 0 unspecified atom stereocenters. The third-order valence-corrected chi connectivity index (χ3v) is 5.10. The summed E-state index contributed by atoms with van der Waals surface area (Å²) in [7, 11) is 2.04. The minimum atomic E-state index is -0.459. The number of hydrogen-bond acceptors (Lipinski definition) is 4. The molecular weight excluding hydrogens is 290 g/mol. The van der Waals surface area contributed by atoms with Gasteiger partial charge in [-0.1, -0.05) is 30.3 Å². The molecule has 1 aromatic carbocycles. The van der Waals surface area contributed by atoms with Gasteiger partial charge in [-0.05, 0) is 32.0 Å². The van der Waals surface area contributed by atoms with Crippen LogP contribution in [0.25, 0.3) is 0 Å². The van der Waals surface area contributed by atoms with Crippen molar-refractivity contribution in [1.82, 2.24) is 14.7 Å². The van der Waals surface area contributed by atoms with Crippen molar-refractivity contribution in [1.29, 1.82) is 0 Å². The summed E-state index contributed by atoms with van der Waals surface area (Å²) in [6, 6.07) is 9.86. The molecule has 1 N–H and O–H groups in total. The van der Waals surface area contributed by atoms with Gasteiger partial charge in [0, 0.05) is 32.7 Å². The maximum absolute atomic E-state index is 12.6. The largest absolute Gasteiger partial charge is 0.387 e. The average Bonchev–Trinajstić information content (AvgIpc) is 3.02. The SMILES string of the molecule is CN1CCC[C@H]1C(=O)N1CCN(C[C@H](O)c2ccccc2)CC1. The van der Waals surface area contributed by atoms with Crippen LogP contribution in [-0.2, 0) is 4.79 Å². The first-order chi connectivity index (χ1) is 11.1. The van der Waals surface area contributed by atoms with Crippen LogP contribution >= 0.6 is 0 Å². The second-order valence-electron chi connectivity index (χ2n) is 6.69. The van der Waals surface area contributed by atoms with Crippen LogP contribution in [-0.4, -0.2) is 78.1 Å². The van der Waals surface area contributed by atoms with Gasteiger partial charge in [0.2, 0.25) is 5.91 Å². The molecule has 0 radical (unpaired) electrons. The molecule has 23 heavy (non-hydrogen) atoms. The number of aliphatic hydroxyl groups excluding tert-OH is 1. The van der Waals surface area contributed by atoms with E-state index in [1.807, 2.05) is 42.3 Å². The van der Waals surface area contributed by atoms with E-state index in [-0.39, 0.29) is 11.9 Å². The van der Waals surface area contributed by atoms with Crippen LogP contribution in [0, 0.1) is 0 Å². The molecule has 2 aliphatic heterocycles. The van der Waals surface area contributed by atoms with Gasteiger partial charge in [-0.2, -0.15) is 0 Å². The molecule has 0 spiro atoms. The highest BCUT2D eigenvalue weighted by Crippen LogP contribution is 2.19. The molecule has 2 atom stereocenters. The van der Waals surface area contributed by atoms with Crippen molar-refractivity contribution in [2.45, 2.75) is 25.0 Å². The fourth-order valence-corrected chi connectivity index (χ4v) is 3.61. The molecule has 1 aromatic rings. The van der Waals surface area contributed by atoms with Crippen molar-refractivity contribution >= 4 is 5.91 Å². The first kappa shape index (κ1) is 16.4. The van der Waals surface area contributed by atoms with Gasteiger partial charge in [0.15, 0.2) is 0 Å². The molecule has 2 aliphatic rings. The van der Waals surface area contributed by atoms with E-state index in [0.717, 1.165) is 51.1 Å². The highest BCUT2D eigenvalue weighted by Gasteiger charge is 2.32. The zero-order valence-electron chi connectivity index (χ0n) is 13.9. The summed E-state index contributed by atoms with van der Waals surface area (Å²) < 4.78 is 0. The van der Waals surface area contributed by atoms with Gasteiger partial charge in [0.25, 0.3) is 0 Å². The molecule has 0 aliphatic carbocycles. The molecule has 0 saturated carbocycles. The summed E-state index contributed by atoms with van der Waals surface area (Å²) in [4.78, 5) is 19.0. The van der Waals surface area contributed by atoms with Crippen LogP contribution in [0.3, 0.4) is 0 Å².